The molecule has 14 heteroatoms. The Morgan fingerprint density at radius 2 is 1.71 bits per heavy atom. The molecule has 4 N–H and O–H groups in total. The zero-order chi connectivity index (χ0) is 31.9. The first-order valence-electron chi connectivity index (χ1n) is 13.4. The van der Waals surface area contributed by atoms with Crippen molar-refractivity contribution in [3.8, 4) is 0 Å². The van der Waals surface area contributed by atoms with Crippen LogP contribution in [0, 0.1) is 5.41 Å². The zero-order valence-electron chi connectivity index (χ0n) is 24.6. The molecule has 0 bridgehead atoms. The van der Waals surface area contributed by atoms with E-state index >= 15 is 0 Å². The number of amides is 3. The number of carboxylic acid groups (broad SMARTS) is 1. The lowest BCUT2D eigenvalue weighted by molar-refractivity contribution is -0.146. The SMILES string of the molecule is CCOC(=O)C=CCC[C@H](NC(=O)CCC(=O)O)C(=O)Nc1cccn(CC(=O)N[C@@H](CC(C)(C)C)C(=O)OC)c1=O. The Morgan fingerprint density at radius 3 is 2.31 bits per heavy atom. The number of hydrogen-bond donors (Lipinski definition) is 4. The molecule has 1 aromatic heterocycles. The van der Waals surface area contributed by atoms with Crippen LogP contribution in [0.3, 0.4) is 0 Å². The largest absolute Gasteiger partial charge is 0.481 e. The molecule has 0 aromatic carbocycles. The number of carbonyl (C=O) groups is 6. The number of methoxy groups -OCH3 is 1. The van der Waals surface area contributed by atoms with Crippen molar-refractivity contribution < 1.29 is 43.3 Å². The summed E-state index contributed by atoms with van der Waals surface area (Å²) in [5.74, 6) is -4.47. The molecule has 3 amide bonds. The molecular weight excluding hydrogens is 552 g/mol. The van der Waals surface area contributed by atoms with Crippen molar-refractivity contribution in [2.45, 2.75) is 78.4 Å². The van der Waals surface area contributed by atoms with Gasteiger partial charge in [0.2, 0.25) is 17.7 Å². The first-order valence-corrected chi connectivity index (χ1v) is 13.4. The third-order valence-corrected chi connectivity index (χ3v) is 5.61. The van der Waals surface area contributed by atoms with Gasteiger partial charge in [-0.3, -0.25) is 24.0 Å². The van der Waals surface area contributed by atoms with Gasteiger partial charge in [0.15, 0.2) is 0 Å². The van der Waals surface area contributed by atoms with Gasteiger partial charge in [-0.2, -0.15) is 0 Å². The normalized spacial score (nSPS) is 12.6. The van der Waals surface area contributed by atoms with Crippen LogP contribution in [-0.2, 0) is 44.8 Å². The lowest BCUT2D eigenvalue weighted by Crippen LogP contribution is -2.46. The fourth-order valence-electron chi connectivity index (χ4n) is 3.71. The van der Waals surface area contributed by atoms with Gasteiger partial charge in [0.05, 0.1) is 20.1 Å². The molecule has 0 aliphatic heterocycles. The van der Waals surface area contributed by atoms with E-state index < -0.39 is 66.2 Å². The van der Waals surface area contributed by atoms with Gasteiger partial charge in [0.25, 0.3) is 5.56 Å². The Morgan fingerprint density at radius 1 is 1.05 bits per heavy atom. The van der Waals surface area contributed by atoms with Gasteiger partial charge in [-0.25, -0.2) is 9.59 Å². The summed E-state index contributed by atoms with van der Waals surface area (Å²) in [6, 6.07) is 0.645. The summed E-state index contributed by atoms with van der Waals surface area (Å²) in [6.45, 7) is 7.06. The van der Waals surface area contributed by atoms with Crippen molar-refractivity contribution in [3.05, 3.63) is 40.8 Å². The quantitative estimate of drug-likeness (QED) is 0.159. The van der Waals surface area contributed by atoms with Crippen LogP contribution in [-0.4, -0.2) is 71.1 Å². The number of anilines is 1. The van der Waals surface area contributed by atoms with E-state index in [0.29, 0.717) is 6.42 Å². The maximum absolute atomic E-state index is 13.1. The third-order valence-electron chi connectivity index (χ3n) is 5.61. The third kappa shape index (κ3) is 13.7. The van der Waals surface area contributed by atoms with Crippen molar-refractivity contribution in [1.29, 1.82) is 0 Å². The van der Waals surface area contributed by atoms with Crippen molar-refractivity contribution >= 4 is 41.3 Å². The molecule has 0 saturated heterocycles. The molecule has 0 aliphatic carbocycles. The molecule has 42 heavy (non-hydrogen) atoms. The molecule has 0 saturated carbocycles. The Balaban J connectivity index is 3.03. The van der Waals surface area contributed by atoms with Crippen LogP contribution >= 0.6 is 0 Å². The molecule has 0 radical (unpaired) electrons. The molecule has 0 fully saturated rings. The Bertz CT molecular complexity index is 1220. The Labute approximate surface area is 243 Å². The highest BCUT2D eigenvalue weighted by Crippen LogP contribution is 2.21. The average Bonchev–Trinajstić information content (AvgIpc) is 2.89. The van der Waals surface area contributed by atoms with Gasteiger partial charge < -0.3 is 35.1 Å². The number of aliphatic carboxylic acids is 1. The van der Waals surface area contributed by atoms with Gasteiger partial charge in [-0.05, 0) is 43.7 Å². The minimum Gasteiger partial charge on any atom is -0.481 e. The summed E-state index contributed by atoms with van der Waals surface area (Å²) in [6.07, 6.45) is 3.64. The van der Waals surface area contributed by atoms with Gasteiger partial charge in [-0.15, -0.1) is 0 Å². The van der Waals surface area contributed by atoms with E-state index in [1.165, 1.54) is 37.6 Å². The second-order valence-electron chi connectivity index (χ2n) is 10.5. The monoisotopic (exact) mass is 592 g/mol. The minimum atomic E-state index is -1.19. The number of hydrogen-bond acceptors (Lipinski definition) is 9. The fourth-order valence-corrected chi connectivity index (χ4v) is 3.71. The van der Waals surface area contributed by atoms with Crippen molar-refractivity contribution in [2.24, 2.45) is 5.41 Å². The minimum absolute atomic E-state index is 0.0205. The summed E-state index contributed by atoms with van der Waals surface area (Å²) in [7, 11) is 1.21. The van der Waals surface area contributed by atoms with Crippen molar-refractivity contribution in [2.75, 3.05) is 19.0 Å². The molecule has 1 aromatic rings. The van der Waals surface area contributed by atoms with Gasteiger partial charge in [-0.1, -0.05) is 26.8 Å². The smallest absolute Gasteiger partial charge is 0.330 e. The van der Waals surface area contributed by atoms with E-state index in [9.17, 15) is 33.6 Å². The number of allylic oxidation sites excluding steroid dienone is 1. The van der Waals surface area contributed by atoms with Crippen LogP contribution in [0.1, 0.15) is 59.8 Å². The second-order valence-corrected chi connectivity index (χ2v) is 10.5. The van der Waals surface area contributed by atoms with Crippen LogP contribution in [0.4, 0.5) is 5.69 Å². The molecule has 14 nitrogen and oxygen atoms in total. The van der Waals surface area contributed by atoms with E-state index in [-0.39, 0.29) is 37.0 Å². The number of nitrogens with one attached hydrogen (secondary N) is 3. The molecule has 0 unspecified atom stereocenters. The van der Waals surface area contributed by atoms with Gasteiger partial charge >= 0.3 is 17.9 Å². The fraction of sp³-hybridized carbons (Fsp3) is 0.536. The standard InChI is InChI=1S/C28H40N4O10/c1-6-42-24(37)12-8-7-10-18(29-21(33)13-14-23(35)36)25(38)31-19-11-9-15-32(26(19)39)17-22(34)30-20(27(40)41-5)16-28(2,3)4/h8-9,11-12,15,18,20H,6-7,10,13-14,16-17H2,1-5H3,(H,29,33)(H,30,34)(H,31,38)(H,35,36)/t18-,20-/m0/s1. The number of pyridine rings is 1. The van der Waals surface area contributed by atoms with Crippen LogP contribution in [0.5, 0.6) is 0 Å². The van der Waals surface area contributed by atoms with Crippen LogP contribution in [0.2, 0.25) is 0 Å². The lowest BCUT2D eigenvalue weighted by atomic mass is 9.88. The molecule has 1 heterocycles. The summed E-state index contributed by atoms with van der Waals surface area (Å²) < 4.78 is 10.6. The maximum atomic E-state index is 13.1. The molecule has 0 spiro atoms. The van der Waals surface area contributed by atoms with Crippen LogP contribution in [0.25, 0.3) is 0 Å². The first kappa shape index (κ1) is 35.5. The number of ether oxygens (including phenoxy) is 2. The van der Waals surface area contributed by atoms with Gasteiger partial charge in [0, 0.05) is 18.7 Å². The first-order chi connectivity index (χ1) is 19.7. The lowest BCUT2D eigenvalue weighted by Gasteiger charge is -2.25. The summed E-state index contributed by atoms with van der Waals surface area (Å²) in [5, 5.41) is 16.3. The Hall–Kier alpha value is -4.49. The highest BCUT2D eigenvalue weighted by atomic mass is 16.5. The highest BCUT2D eigenvalue weighted by Gasteiger charge is 2.27. The maximum Gasteiger partial charge on any atom is 0.330 e. The molecule has 2 atom stereocenters. The molecular formula is C28H40N4O10. The number of nitrogens with zero attached hydrogens (tertiary/aromatic N) is 1. The van der Waals surface area contributed by atoms with E-state index in [4.69, 9.17) is 14.6 Å². The molecule has 232 valence electrons. The average molecular weight is 593 g/mol. The van der Waals surface area contributed by atoms with Crippen LogP contribution < -0.4 is 21.5 Å². The van der Waals surface area contributed by atoms with E-state index in [1.54, 1.807) is 6.92 Å². The van der Waals surface area contributed by atoms with Crippen molar-refractivity contribution in [1.82, 2.24) is 15.2 Å². The second kappa shape index (κ2) is 17.4. The van der Waals surface area contributed by atoms with E-state index in [1.807, 2.05) is 20.8 Å². The van der Waals surface area contributed by atoms with E-state index in [0.717, 1.165) is 4.57 Å². The highest BCUT2D eigenvalue weighted by molar-refractivity contribution is 5.97. The predicted octanol–water partition coefficient (Wildman–Crippen LogP) is 1.13. The topological polar surface area (TPSA) is 199 Å². The predicted molar refractivity (Wildman–Crippen MR) is 151 cm³/mol. The summed E-state index contributed by atoms with van der Waals surface area (Å²) in [4.78, 5) is 85.5. The molecule has 1 rings (SSSR count). The number of esters is 2. The number of carboxylic acids is 1. The van der Waals surface area contributed by atoms with Gasteiger partial charge in [0.1, 0.15) is 24.3 Å². The van der Waals surface area contributed by atoms with E-state index in [2.05, 4.69) is 16.0 Å². The number of carbonyl (C=O) groups excluding carboxylic acids is 5. The number of aromatic nitrogens is 1. The van der Waals surface area contributed by atoms with Crippen LogP contribution in [0.15, 0.2) is 35.3 Å². The molecule has 0 aliphatic rings. The summed E-state index contributed by atoms with van der Waals surface area (Å²) in [5.41, 5.74) is -1.20. The zero-order valence-corrected chi connectivity index (χ0v) is 24.6. The number of rotatable bonds is 16. The van der Waals surface area contributed by atoms with Crippen molar-refractivity contribution in [3.63, 3.8) is 0 Å². The Kier molecular flexibility index (Phi) is 14.7. The summed E-state index contributed by atoms with van der Waals surface area (Å²) >= 11 is 0.